The first-order chi connectivity index (χ1) is 11.3. The van der Waals surface area contributed by atoms with Crippen molar-refractivity contribution in [2.45, 2.75) is 37.5 Å². The summed E-state index contributed by atoms with van der Waals surface area (Å²) in [6.45, 7) is 7.33. The molecule has 1 fully saturated rings. The third kappa shape index (κ3) is 6.06. The number of aromatic nitrogens is 2. The summed E-state index contributed by atoms with van der Waals surface area (Å²) in [5, 5.41) is 11.0. The molecule has 0 aromatic carbocycles. The Morgan fingerprint density at radius 1 is 1.39 bits per heavy atom. The summed E-state index contributed by atoms with van der Waals surface area (Å²) in [4.78, 5) is 4.81. The smallest absolute Gasteiger partial charge is 0.191 e. The first kappa shape index (κ1) is 18.1. The Hall–Kier alpha value is -1.21. The zero-order valence-corrected chi connectivity index (χ0v) is 15.1. The summed E-state index contributed by atoms with van der Waals surface area (Å²) < 4.78 is 7.68. The van der Waals surface area contributed by atoms with Gasteiger partial charge in [-0.25, -0.2) is 0 Å². The second-order valence-electron chi connectivity index (χ2n) is 5.74. The van der Waals surface area contributed by atoms with Crippen LogP contribution in [-0.4, -0.2) is 59.6 Å². The fourth-order valence-electron chi connectivity index (χ4n) is 2.62. The highest BCUT2D eigenvalue weighted by molar-refractivity contribution is 8.00. The van der Waals surface area contributed by atoms with Crippen LogP contribution in [0.1, 0.15) is 26.2 Å². The van der Waals surface area contributed by atoms with Crippen molar-refractivity contribution in [2.24, 2.45) is 4.99 Å². The van der Waals surface area contributed by atoms with Crippen molar-refractivity contribution >= 4 is 17.7 Å². The lowest BCUT2D eigenvalue weighted by Crippen LogP contribution is -2.41. The molecule has 0 spiro atoms. The number of nitrogens with zero attached hydrogens (tertiary/aromatic N) is 3. The van der Waals surface area contributed by atoms with E-state index in [9.17, 15) is 0 Å². The van der Waals surface area contributed by atoms with E-state index in [1.807, 2.05) is 34.9 Å². The van der Waals surface area contributed by atoms with Crippen LogP contribution in [0.3, 0.4) is 0 Å². The fraction of sp³-hybridized carbons (Fsp3) is 0.750. The normalized spacial score (nSPS) is 17.9. The van der Waals surface area contributed by atoms with Gasteiger partial charge in [-0.05, 0) is 38.5 Å². The minimum Gasteiger partial charge on any atom is -0.381 e. The van der Waals surface area contributed by atoms with E-state index >= 15 is 0 Å². The molecule has 0 aliphatic carbocycles. The van der Waals surface area contributed by atoms with E-state index in [1.165, 1.54) is 0 Å². The van der Waals surface area contributed by atoms with Crippen molar-refractivity contribution in [1.82, 2.24) is 20.4 Å². The number of thioether (sulfide) groups is 1. The Labute approximate surface area is 143 Å². The number of ether oxygens (including phenoxy) is 1. The van der Waals surface area contributed by atoms with Crippen LogP contribution in [0.5, 0.6) is 0 Å². The van der Waals surface area contributed by atoms with Crippen LogP contribution in [0.4, 0.5) is 0 Å². The van der Waals surface area contributed by atoms with Gasteiger partial charge in [0.05, 0.1) is 6.54 Å². The SMILES string of the molecule is CCNC(=NCC1(SC)CCOCC1)NCCCn1cccn1. The molecule has 1 aliphatic heterocycles. The first-order valence-electron chi connectivity index (χ1n) is 8.40. The van der Waals surface area contributed by atoms with Crippen LogP contribution < -0.4 is 10.6 Å². The molecular formula is C16H29N5OS. The maximum Gasteiger partial charge on any atom is 0.191 e. The molecule has 0 bridgehead atoms. The molecule has 0 amide bonds. The molecule has 2 N–H and O–H groups in total. The molecule has 0 atom stereocenters. The van der Waals surface area contributed by atoms with Gasteiger partial charge in [0, 0.05) is 50.0 Å². The van der Waals surface area contributed by atoms with Crippen LogP contribution in [0, 0.1) is 0 Å². The topological polar surface area (TPSA) is 63.5 Å². The van der Waals surface area contributed by atoms with E-state index in [4.69, 9.17) is 9.73 Å². The van der Waals surface area contributed by atoms with Crippen molar-refractivity contribution in [1.29, 1.82) is 0 Å². The minimum atomic E-state index is 0.232. The summed E-state index contributed by atoms with van der Waals surface area (Å²) in [7, 11) is 0. The Kier molecular flexibility index (Phi) is 7.74. The Morgan fingerprint density at radius 2 is 2.22 bits per heavy atom. The lowest BCUT2D eigenvalue weighted by molar-refractivity contribution is 0.0794. The molecule has 1 saturated heterocycles. The number of nitrogens with one attached hydrogen (secondary N) is 2. The highest BCUT2D eigenvalue weighted by atomic mass is 32.2. The van der Waals surface area contributed by atoms with Gasteiger partial charge in [0.1, 0.15) is 0 Å². The predicted molar refractivity (Wildman–Crippen MR) is 97.1 cm³/mol. The number of guanidine groups is 1. The molecule has 6 nitrogen and oxygen atoms in total. The van der Waals surface area contributed by atoms with Crippen LogP contribution >= 0.6 is 11.8 Å². The summed E-state index contributed by atoms with van der Waals surface area (Å²) in [6.07, 6.45) is 9.17. The number of hydrogen-bond acceptors (Lipinski definition) is 4. The van der Waals surface area contributed by atoms with E-state index in [2.05, 4.69) is 28.9 Å². The standard InChI is InChI=1S/C16H29N5OS/c1-3-17-15(18-8-4-10-21-11-5-9-20-21)19-14-16(23-2)6-12-22-13-7-16/h5,9,11H,3-4,6-8,10,12-14H2,1-2H3,(H2,17,18,19). The van der Waals surface area contributed by atoms with Gasteiger partial charge in [-0.3, -0.25) is 9.67 Å². The number of hydrogen-bond donors (Lipinski definition) is 2. The average Bonchev–Trinajstić information content (AvgIpc) is 3.10. The lowest BCUT2D eigenvalue weighted by atomic mass is 9.99. The predicted octanol–water partition coefficient (Wildman–Crippen LogP) is 1.74. The van der Waals surface area contributed by atoms with Gasteiger partial charge in [-0.1, -0.05) is 0 Å². The van der Waals surface area contributed by atoms with Crippen molar-refractivity contribution in [3.63, 3.8) is 0 Å². The van der Waals surface area contributed by atoms with E-state index < -0.39 is 0 Å². The van der Waals surface area contributed by atoms with Gasteiger partial charge in [0.15, 0.2) is 5.96 Å². The highest BCUT2D eigenvalue weighted by Crippen LogP contribution is 2.33. The average molecular weight is 340 g/mol. The second kappa shape index (κ2) is 9.82. The van der Waals surface area contributed by atoms with Gasteiger partial charge in [-0.2, -0.15) is 16.9 Å². The molecule has 1 aromatic rings. The summed E-state index contributed by atoms with van der Waals surface area (Å²) in [5.41, 5.74) is 0. The third-order valence-electron chi connectivity index (χ3n) is 4.12. The molecule has 0 unspecified atom stereocenters. The molecule has 1 aliphatic rings. The zero-order chi connectivity index (χ0) is 16.4. The Balaban J connectivity index is 1.78. The highest BCUT2D eigenvalue weighted by Gasteiger charge is 2.31. The Bertz CT molecular complexity index is 457. The van der Waals surface area contributed by atoms with Gasteiger partial charge in [-0.15, -0.1) is 0 Å². The van der Waals surface area contributed by atoms with Gasteiger partial charge >= 0.3 is 0 Å². The van der Waals surface area contributed by atoms with Crippen molar-refractivity contribution in [3.8, 4) is 0 Å². The molecular weight excluding hydrogens is 310 g/mol. The maximum atomic E-state index is 5.49. The zero-order valence-electron chi connectivity index (χ0n) is 14.3. The third-order valence-corrected chi connectivity index (χ3v) is 5.53. The van der Waals surface area contributed by atoms with Crippen LogP contribution in [0.2, 0.25) is 0 Å². The summed E-state index contributed by atoms with van der Waals surface area (Å²) in [6, 6.07) is 1.95. The fourth-order valence-corrected chi connectivity index (χ4v) is 3.38. The largest absolute Gasteiger partial charge is 0.381 e. The molecule has 1 aromatic heterocycles. The van der Waals surface area contributed by atoms with Crippen molar-refractivity contribution in [3.05, 3.63) is 18.5 Å². The van der Waals surface area contributed by atoms with Gasteiger partial charge in [0.2, 0.25) is 0 Å². The summed E-state index contributed by atoms with van der Waals surface area (Å²) >= 11 is 1.93. The van der Waals surface area contributed by atoms with E-state index in [-0.39, 0.29) is 4.75 Å². The molecule has 7 heteroatoms. The molecule has 130 valence electrons. The number of aliphatic imine (C=N–C) groups is 1. The molecule has 0 radical (unpaired) electrons. The van der Waals surface area contributed by atoms with E-state index in [1.54, 1.807) is 0 Å². The molecule has 2 rings (SSSR count). The lowest BCUT2D eigenvalue weighted by Gasteiger charge is -2.34. The number of rotatable bonds is 8. The van der Waals surface area contributed by atoms with Crippen LogP contribution in [-0.2, 0) is 11.3 Å². The van der Waals surface area contributed by atoms with Gasteiger partial charge in [0.25, 0.3) is 0 Å². The number of aryl methyl sites for hydroxylation is 1. The van der Waals surface area contributed by atoms with Gasteiger partial charge < -0.3 is 15.4 Å². The first-order valence-corrected chi connectivity index (χ1v) is 9.63. The monoisotopic (exact) mass is 339 g/mol. The van der Waals surface area contributed by atoms with Crippen molar-refractivity contribution in [2.75, 3.05) is 39.1 Å². The van der Waals surface area contributed by atoms with E-state index in [0.717, 1.165) is 64.6 Å². The maximum absolute atomic E-state index is 5.49. The van der Waals surface area contributed by atoms with Crippen molar-refractivity contribution < 1.29 is 4.74 Å². The molecule has 2 heterocycles. The second-order valence-corrected chi connectivity index (χ2v) is 7.02. The van der Waals surface area contributed by atoms with E-state index in [0.29, 0.717) is 0 Å². The van der Waals surface area contributed by atoms with Crippen LogP contribution in [0.25, 0.3) is 0 Å². The minimum absolute atomic E-state index is 0.232. The quantitative estimate of drug-likeness (QED) is 0.429. The molecule has 23 heavy (non-hydrogen) atoms. The Morgan fingerprint density at radius 3 is 2.87 bits per heavy atom. The summed E-state index contributed by atoms with van der Waals surface area (Å²) in [5.74, 6) is 0.910. The molecule has 0 saturated carbocycles. The van der Waals surface area contributed by atoms with Crippen LogP contribution in [0.15, 0.2) is 23.5 Å².